The number of hydrogen-bond donors (Lipinski definition) is 0. The fraction of sp³-hybridized carbons (Fsp3) is 0.250. The van der Waals surface area contributed by atoms with E-state index in [2.05, 4.69) is 46.0 Å². The van der Waals surface area contributed by atoms with Crippen LogP contribution < -0.4 is 9.47 Å². The van der Waals surface area contributed by atoms with Gasteiger partial charge in [-0.05, 0) is 24.1 Å². The number of ether oxygens (including phenoxy) is 2. The Morgan fingerprint density at radius 2 is 1.94 bits per heavy atom. The maximum Gasteiger partial charge on any atom is 0.237 e. The Balaban J connectivity index is 1.30. The molecule has 0 bridgehead atoms. The summed E-state index contributed by atoms with van der Waals surface area (Å²) in [4.78, 5) is 4.53. The molecule has 0 spiro atoms. The van der Waals surface area contributed by atoms with Crippen LogP contribution in [0, 0.1) is 0 Å². The second-order valence-corrected chi connectivity index (χ2v) is 8.40. The highest BCUT2D eigenvalue weighted by Crippen LogP contribution is 2.36. The number of aromatic nitrogens is 5. The molecule has 0 amide bonds. The fourth-order valence-electron chi connectivity index (χ4n) is 3.54. The van der Waals surface area contributed by atoms with Crippen LogP contribution in [0.2, 0.25) is 0 Å². The average Bonchev–Trinajstić information content (AvgIpc) is 3.50. The Kier molecular flexibility index (Phi) is 6.12. The number of allylic oxidation sites excluding steroid dienone is 1. The quantitative estimate of drug-likeness (QED) is 0.271. The summed E-state index contributed by atoms with van der Waals surface area (Å²) in [6.45, 7) is 6.90. The molecule has 4 aromatic rings. The zero-order valence-electron chi connectivity index (χ0n) is 18.2. The van der Waals surface area contributed by atoms with E-state index in [1.165, 1.54) is 17.3 Å². The summed E-state index contributed by atoms with van der Waals surface area (Å²) < 4.78 is 19.4. The second kappa shape index (κ2) is 9.50. The number of rotatable bonds is 8. The predicted molar refractivity (Wildman–Crippen MR) is 124 cm³/mol. The van der Waals surface area contributed by atoms with Gasteiger partial charge in [0.25, 0.3) is 0 Å². The Morgan fingerprint density at radius 3 is 2.73 bits per heavy atom. The van der Waals surface area contributed by atoms with Crippen molar-refractivity contribution in [3.05, 3.63) is 78.5 Å². The van der Waals surface area contributed by atoms with Gasteiger partial charge >= 0.3 is 0 Å². The van der Waals surface area contributed by atoms with Crippen molar-refractivity contribution in [2.45, 2.75) is 36.9 Å². The lowest BCUT2D eigenvalue weighted by molar-refractivity contribution is 0.0821. The maximum atomic E-state index is 6.12. The standard InChI is InChI=1S/C24H23N5O3S/c1-3-13-29-23(20-14-30-18-7-5-6-8-19(18)31-20)26-27-24(29)33-15-21-25-22(28-32-21)17-11-9-16(4-2)10-12-17/h3,5-12,20H,1,4,13-15H2,2H3/t20-/m0/s1. The highest BCUT2D eigenvalue weighted by Gasteiger charge is 2.28. The molecule has 2 aromatic heterocycles. The summed E-state index contributed by atoms with van der Waals surface area (Å²) in [6, 6.07) is 15.8. The van der Waals surface area contributed by atoms with Crippen LogP contribution in [0.5, 0.6) is 11.5 Å². The smallest absolute Gasteiger partial charge is 0.237 e. The number of para-hydroxylation sites is 2. The molecule has 9 heteroatoms. The zero-order valence-corrected chi connectivity index (χ0v) is 19.0. The van der Waals surface area contributed by atoms with Gasteiger partial charge in [0.2, 0.25) is 11.7 Å². The summed E-state index contributed by atoms with van der Waals surface area (Å²) in [7, 11) is 0. The van der Waals surface area contributed by atoms with E-state index in [1.54, 1.807) is 6.08 Å². The third-order valence-electron chi connectivity index (χ3n) is 5.27. The average molecular weight is 462 g/mol. The molecule has 0 saturated carbocycles. The van der Waals surface area contributed by atoms with Crippen LogP contribution in [0.4, 0.5) is 0 Å². The Morgan fingerprint density at radius 1 is 1.12 bits per heavy atom. The van der Waals surface area contributed by atoms with Crippen molar-refractivity contribution in [1.29, 1.82) is 0 Å². The molecule has 0 saturated heterocycles. The number of hydrogen-bond acceptors (Lipinski definition) is 8. The minimum atomic E-state index is -0.359. The molecule has 0 unspecified atom stereocenters. The number of nitrogens with zero attached hydrogens (tertiary/aromatic N) is 5. The van der Waals surface area contributed by atoms with Gasteiger partial charge in [-0.2, -0.15) is 4.98 Å². The van der Waals surface area contributed by atoms with Crippen molar-refractivity contribution >= 4 is 11.8 Å². The normalized spacial score (nSPS) is 14.9. The van der Waals surface area contributed by atoms with Crippen molar-refractivity contribution in [1.82, 2.24) is 24.9 Å². The lowest BCUT2D eigenvalue weighted by Gasteiger charge is -2.26. The van der Waals surface area contributed by atoms with Gasteiger partial charge < -0.3 is 14.0 Å². The van der Waals surface area contributed by atoms with Crippen LogP contribution in [0.15, 0.2) is 70.9 Å². The summed E-state index contributed by atoms with van der Waals surface area (Å²) in [6.07, 6.45) is 2.44. The molecule has 0 aliphatic carbocycles. The highest BCUT2D eigenvalue weighted by molar-refractivity contribution is 7.98. The molecule has 8 nitrogen and oxygen atoms in total. The van der Waals surface area contributed by atoms with E-state index in [0.717, 1.165) is 22.9 Å². The molecule has 2 aromatic carbocycles. The Labute approximate surface area is 195 Å². The van der Waals surface area contributed by atoms with Crippen molar-refractivity contribution in [2.75, 3.05) is 6.61 Å². The van der Waals surface area contributed by atoms with E-state index in [0.29, 0.717) is 42.2 Å². The van der Waals surface area contributed by atoms with E-state index < -0.39 is 0 Å². The number of aryl methyl sites for hydroxylation is 1. The van der Waals surface area contributed by atoms with Crippen molar-refractivity contribution in [2.24, 2.45) is 0 Å². The maximum absolute atomic E-state index is 6.12. The molecule has 0 fully saturated rings. The van der Waals surface area contributed by atoms with Crippen LogP contribution in [0.1, 0.15) is 30.3 Å². The van der Waals surface area contributed by atoms with E-state index >= 15 is 0 Å². The number of thioether (sulfide) groups is 1. The summed E-state index contributed by atoms with van der Waals surface area (Å²) >= 11 is 1.47. The lowest BCUT2D eigenvalue weighted by Crippen LogP contribution is -2.25. The molecular weight excluding hydrogens is 438 g/mol. The van der Waals surface area contributed by atoms with Gasteiger partial charge in [0.05, 0.1) is 5.75 Å². The van der Waals surface area contributed by atoms with Crippen LogP contribution in [0.25, 0.3) is 11.4 Å². The second-order valence-electron chi connectivity index (χ2n) is 7.46. The van der Waals surface area contributed by atoms with Gasteiger partial charge in [-0.3, -0.25) is 4.57 Å². The first-order chi connectivity index (χ1) is 16.2. The summed E-state index contributed by atoms with van der Waals surface area (Å²) in [5.41, 5.74) is 2.20. The van der Waals surface area contributed by atoms with Crippen molar-refractivity contribution in [3.63, 3.8) is 0 Å². The molecule has 1 aliphatic heterocycles. The lowest BCUT2D eigenvalue weighted by atomic mass is 10.1. The third-order valence-corrected chi connectivity index (χ3v) is 6.22. The molecule has 168 valence electrons. The van der Waals surface area contributed by atoms with Gasteiger partial charge in [-0.15, -0.1) is 16.8 Å². The monoisotopic (exact) mass is 461 g/mol. The first kappa shape index (κ1) is 21.3. The molecule has 33 heavy (non-hydrogen) atoms. The van der Waals surface area contributed by atoms with Crippen LogP contribution >= 0.6 is 11.8 Å². The summed E-state index contributed by atoms with van der Waals surface area (Å²) in [5.74, 6) is 3.69. The van der Waals surface area contributed by atoms with Gasteiger partial charge in [0.15, 0.2) is 28.6 Å². The Hall–Kier alpha value is -3.59. The van der Waals surface area contributed by atoms with Crippen LogP contribution in [-0.2, 0) is 18.7 Å². The van der Waals surface area contributed by atoms with Gasteiger partial charge in [-0.25, -0.2) is 0 Å². The number of fused-ring (bicyclic) bond motifs is 1. The number of benzene rings is 2. The molecule has 1 atom stereocenters. The third kappa shape index (κ3) is 4.49. The van der Waals surface area contributed by atoms with Gasteiger partial charge in [0.1, 0.15) is 6.61 Å². The fourth-order valence-corrected chi connectivity index (χ4v) is 4.33. The summed E-state index contributed by atoms with van der Waals surface area (Å²) in [5, 5.41) is 13.6. The topological polar surface area (TPSA) is 88.1 Å². The largest absolute Gasteiger partial charge is 0.485 e. The minimum Gasteiger partial charge on any atom is -0.485 e. The predicted octanol–water partition coefficient (Wildman–Crippen LogP) is 4.88. The van der Waals surface area contributed by atoms with E-state index in [-0.39, 0.29) is 6.10 Å². The van der Waals surface area contributed by atoms with Crippen molar-refractivity contribution < 1.29 is 14.0 Å². The van der Waals surface area contributed by atoms with E-state index in [1.807, 2.05) is 41.0 Å². The Bertz CT molecular complexity index is 1250. The minimum absolute atomic E-state index is 0.359. The van der Waals surface area contributed by atoms with Crippen LogP contribution in [0.3, 0.4) is 0 Å². The first-order valence-electron chi connectivity index (χ1n) is 10.7. The van der Waals surface area contributed by atoms with E-state index in [4.69, 9.17) is 14.0 Å². The highest BCUT2D eigenvalue weighted by atomic mass is 32.2. The molecule has 5 rings (SSSR count). The SMILES string of the molecule is C=CCn1c(SCc2nc(-c3ccc(CC)cc3)no2)nnc1[C@@H]1COc2ccccc2O1. The zero-order chi connectivity index (χ0) is 22.6. The van der Waals surface area contributed by atoms with Gasteiger partial charge in [0, 0.05) is 12.1 Å². The van der Waals surface area contributed by atoms with Crippen LogP contribution in [-0.4, -0.2) is 31.5 Å². The molecule has 0 radical (unpaired) electrons. The molecule has 1 aliphatic rings. The molecular formula is C24H23N5O3S. The molecule has 3 heterocycles. The molecule has 0 N–H and O–H groups in total. The van der Waals surface area contributed by atoms with Gasteiger partial charge in [-0.1, -0.05) is 66.3 Å². The first-order valence-corrected chi connectivity index (χ1v) is 11.7. The van der Waals surface area contributed by atoms with Crippen molar-refractivity contribution in [3.8, 4) is 22.9 Å². The van der Waals surface area contributed by atoms with E-state index in [9.17, 15) is 0 Å².